The molecule has 0 aliphatic heterocycles. The standard InChI is InChI=1S/C76H147NO5/c1-3-5-7-9-11-13-15-17-41-46-50-54-58-62-66-70-76(81)82-71-67-63-59-55-51-47-43-40-38-36-34-32-30-28-26-24-22-20-18-19-21-23-25-27-29-31-33-35-37-39-42-45-49-53-57-61-65-69-75(80)77-73(72-78)74(79)68-64-60-56-52-48-44-16-14-12-10-8-6-4-2/h11,13,17,41,73-74,78-79H,3-10,12,14-16,18-40,42-72H2,1-2H3,(H,77,80)/b13-11-,41-17-. The average Bonchev–Trinajstić information content (AvgIpc) is 3.48. The number of aliphatic hydroxyl groups is 2. The van der Waals surface area contributed by atoms with Gasteiger partial charge in [0.1, 0.15) is 0 Å². The predicted molar refractivity (Wildman–Crippen MR) is 361 cm³/mol. The van der Waals surface area contributed by atoms with E-state index in [1.165, 1.54) is 340 Å². The maximum absolute atomic E-state index is 12.5. The monoisotopic (exact) mass is 1150 g/mol. The Bertz CT molecular complexity index is 1280. The van der Waals surface area contributed by atoms with Gasteiger partial charge in [-0.25, -0.2) is 0 Å². The highest BCUT2D eigenvalue weighted by Gasteiger charge is 2.20. The molecule has 0 aliphatic rings. The van der Waals surface area contributed by atoms with Gasteiger partial charge < -0.3 is 20.3 Å². The van der Waals surface area contributed by atoms with Crippen LogP contribution in [0.4, 0.5) is 0 Å². The van der Waals surface area contributed by atoms with E-state index in [-0.39, 0.29) is 18.5 Å². The Labute approximate surface area is 513 Å². The van der Waals surface area contributed by atoms with Crippen molar-refractivity contribution in [3.8, 4) is 0 Å². The molecule has 6 heteroatoms. The zero-order chi connectivity index (χ0) is 59.2. The fourth-order valence-electron chi connectivity index (χ4n) is 12.0. The Hall–Kier alpha value is -1.66. The van der Waals surface area contributed by atoms with Crippen molar-refractivity contribution in [2.45, 2.75) is 437 Å². The van der Waals surface area contributed by atoms with Crippen LogP contribution >= 0.6 is 0 Å². The van der Waals surface area contributed by atoms with Gasteiger partial charge in [0, 0.05) is 12.8 Å². The molecule has 0 heterocycles. The van der Waals surface area contributed by atoms with Gasteiger partial charge in [-0.2, -0.15) is 0 Å². The molecule has 0 rings (SSSR count). The van der Waals surface area contributed by atoms with E-state index in [0.717, 1.165) is 51.4 Å². The number of nitrogens with one attached hydrogen (secondary N) is 1. The molecule has 0 bridgehead atoms. The Morgan fingerprint density at radius 1 is 0.341 bits per heavy atom. The predicted octanol–water partition coefficient (Wildman–Crippen LogP) is 24.5. The summed E-state index contributed by atoms with van der Waals surface area (Å²) < 4.78 is 5.49. The van der Waals surface area contributed by atoms with Gasteiger partial charge in [-0.3, -0.25) is 9.59 Å². The van der Waals surface area contributed by atoms with Crippen LogP contribution in [0.15, 0.2) is 24.3 Å². The molecule has 0 saturated heterocycles. The number of ether oxygens (including phenoxy) is 1. The lowest BCUT2D eigenvalue weighted by Gasteiger charge is -2.22. The van der Waals surface area contributed by atoms with Gasteiger partial charge in [-0.05, 0) is 57.8 Å². The smallest absolute Gasteiger partial charge is 0.305 e. The van der Waals surface area contributed by atoms with Gasteiger partial charge in [0.2, 0.25) is 5.91 Å². The fraction of sp³-hybridized carbons (Fsp3) is 0.921. The van der Waals surface area contributed by atoms with Crippen LogP contribution in [0.25, 0.3) is 0 Å². The zero-order valence-corrected chi connectivity index (χ0v) is 55.8. The molecule has 0 fully saturated rings. The molecule has 82 heavy (non-hydrogen) atoms. The summed E-state index contributed by atoms with van der Waals surface area (Å²) in [5, 5.41) is 23.3. The second kappa shape index (κ2) is 71.8. The van der Waals surface area contributed by atoms with Crippen molar-refractivity contribution in [3.05, 3.63) is 24.3 Å². The van der Waals surface area contributed by atoms with Gasteiger partial charge in [0.15, 0.2) is 0 Å². The summed E-state index contributed by atoms with van der Waals surface area (Å²) in [5.74, 6) is -0.0169. The fourth-order valence-corrected chi connectivity index (χ4v) is 12.0. The Morgan fingerprint density at radius 2 is 0.610 bits per heavy atom. The minimum absolute atomic E-state index is 0.00990. The SMILES string of the molecule is CCCCC/C=C\C/C=C\CCCCCCCC(=O)OCCCCCCCCCCCCCCCCCCCCCCCCCCCCCCCCCCCCCCCC(=O)NC(CO)C(O)CCCCCCCCCCCCCCC. The van der Waals surface area contributed by atoms with Crippen LogP contribution in [-0.2, 0) is 14.3 Å². The van der Waals surface area contributed by atoms with Gasteiger partial charge in [-0.1, -0.05) is 378 Å². The third-order valence-corrected chi connectivity index (χ3v) is 17.8. The van der Waals surface area contributed by atoms with Crippen molar-refractivity contribution in [2.75, 3.05) is 13.2 Å². The van der Waals surface area contributed by atoms with Gasteiger partial charge >= 0.3 is 5.97 Å². The zero-order valence-electron chi connectivity index (χ0n) is 55.8. The second-order valence-corrected chi connectivity index (χ2v) is 26.0. The quantitative estimate of drug-likeness (QED) is 0.0320. The maximum atomic E-state index is 12.5. The number of aliphatic hydroxyl groups excluding tert-OH is 2. The largest absolute Gasteiger partial charge is 0.466 e. The third kappa shape index (κ3) is 67.5. The molecule has 0 aromatic carbocycles. The molecule has 0 aromatic rings. The van der Waals surface area contributed by atoms with E-state index in [1.54, 1.807) is 0 Å². The summed E-state index contributed by atoms with van der Waals surface area (Å²) in [7, 11) is 0. The number of hydrogen-bond donors (Lipinski definition) is 3. The minimum Gasteiger partial charge on any atom is -0.466 e. The molecule has 0 aliphatic carbocycles. The number of amides is 1. The second-order valence-electron chi connectivity index (χ2n) is 26.0. The summed E-state index contributed by atoms with van der Waals surface area (Å²) in [6.07, 6.45) is 91.2. The molecular formula is C76H147NO5. The number of esters is 1. The molecule has 1 amide bonds. The van der Waals surface area contributed by atoms with Crippen LogP contribution in [0.5, 0.6) is 0 Å². The lowest BCUT2D eigenvalue weighted by atomic mass is 10.0. The maximum Gasteiger partial charge on any atom is 0.305 e. The van der Waals surface area contributed by atoms with E-state index in [4.69, 9.17) is 4.74 Å². The van der Waals surface area contributed by atoms with Crippen LogP contribution in [0.1, 0.15) is 425 Å². The van der Waals surface area contributed by atoms with Crippen LogP contribution in [0, 0.1) is 0 Å². The van der Waals surface area contributed by atoms with Crippen LogP contribution in [0.2, 0.25) is 0 Å². The van der Waals surface area contributed by atoms with Crippen molar-refractivity contribution >= 4 is 11.9 Å². The molecule has 3 N–H and O–H groups in total. The molecule has 2 unspecified atom stereocenters. The van der Waals surface area contributed by atoms with E-state index in [9.17, 15) is 19.8 Å². The number of carbonyl (C=O) groups is 2. The van der Waals surface area contributed by atoms with Crippen LogP contribution in [0.3, 0.4) is 0 Å². The molecule has 0 saturated carbocycles. The Kier molecular flexibility index (Phi) is 70.4. The molecule has 6 nitrogen and oxygen atoms in total. The molecule has 486 valence electrons. The average molecular weight is 1160 g/mol. The topological polar surface area (TPSA) is 95.9 Å². The van der Waals surface area contributed by atoms with Crippen LogP contribution in [-0.4, -0.2) is 47.4 Å². The Morgan fingerprint density at radius 3 is 0.951 bits per heavy atom. The van der Waals surface area contributed by atoms with E-state index < -0.39 is 12.1 Å². The van der Waals surface area contributed by atoms with E-state index >= 15 is 0 Å². The van der Waals surface area contributed by atoms with Crippen molar-refractivity contribution in [2.24, 2.45) is 0 Å². The Balaban J connectivity index is 3.28. The lowest BCUT2D eigenvalue weighted by Crippen LogP contribution is -2.45. The first kappa shape index (κ1) is 80.3. The van der Waals surface area contributed by atoms with Crippen molar-refractivity contribution in [3.63, 3.8) is 0 Å². The van der Waals surface area contributed by atoms with E-state index in [2.05, 4.69) is 43.5 Å². The first-order valence-electron chi connectivity index (χ1n) is 37.6. The first-order chi connectivity index (χ1) is 40.5. The van der Waals surface area contributed by atoms with Crippen molar-refractivity contribution in [1.82, 2.24) is 5.32 Å². The molecule has 0 spiro atoms. The van der Waals surface area contributed by atoms with Gasteiger partial charge in [0.05, 0.1) is 25.4 Å². The first-order valence-corrected chi connectivity index (χ1v) is 37.6. The number of allylic oxidation sites excluding steroid dienone is 4. The van der Waals surface area contributed by atoms with Crippen LogP contribution < -0.4 is 5.32 Å². The normalized spacial score (nSPS) is 12.6. The number of hydrogen-bond acceptors (Lipinski definition) is 5. The summed E-state index contributed by atoms with van der Waals surface area (Å²) in [5.41, 5.74) is 0. The summed E-state index contributed by atoms with van der Waals surface area (Å²) >= 11 is 0. The number of carbonyl (C=O) groups excluding carboxylic acids is 2. The van der Waals surface area contributed by atoms with E-state index in [0.29, 0.717) is 25.9 Å². The molecule has 0 aromatic heterocycles. The third-order valence-electron chi connectivity index (χ3n) is 17.8. The summed E-state index contributed by atoms with van der Waals surface area (Å²) in [4.78, 5) is 24.6. The summed E-state index contributed by atoms with van der Waals surface area (Å²) in [6, 6.07) is -0.536. The highest BCUT2D eigenvalue weighted by atomic mass is 16.5. The van der Waals surface area contributed by atoms with Crippen molar-refractivity contribution in [1.29, 1.82) is 0 Å². The highest BCUT2D eigenvalue weighted by Crippen LogP contribution is 2.20. The van der Waals surface area contributed by atoms with Crippen molar-refractivity contribution < 1.29 is 24.5 Å². The highest BCUT2D eigenvalue weighted by molar-refractivity contribution is 5.76. The minimum atomic E-state index is -0.659. The molecule has 2 atom stereocenters. The number of unbranched alkanes of at least 4 members (excludes halogenated alkanes) is 56. The van der Waals surface area contributed by atoms with E-state index in [1.807, 2.05) is 0 Å². The number of rotatable bonds is 71. The van der Waals surface area contributed by atoms with Gasteiger partial charge in [0.25, 0.3) is 0 Å². The lowest BCUT2D eigenvalue weighted by molar-refractivity contribution is -0.143. The molecule has 0 radical (unpaired) electrons. The summed E-state index contributed by atoms with van der Waals surface area (Å²) in [6.45, 7) is 4.95. The van der Waals surface area contributed by atoms with Gasteiger partial charge in [-0.15, -0.1) is 0 Å². The molecular weight excluding hydrogens is 1010 g/mol.